The number of halogens is 7. The van der Waals surface area contributed by atoms with Crippen molar-refractivity contribution in [3.05, 3.63) is 81.9 Å². The molecule has 0 radical (unpaired) electrons. The SMILES string of the molecule is CCCCCc1cc(F)c(CCc2ccc3c(F)c(C(F)(F)F)c(F)cc3c2)c(F)c1. The molecule has 0 aliphatic heterocycles. The van der Waals surface area contributed by atoms with Crippen LogP contribution in [0.2, 0.25) is 0 Å². The maximum atomic E-state index is 14.4. The Hall–Kier alpha value is -2.57. The van der Waals surface area contributed by atoms with Crippen LogP contribution in [0.5, 0.6) is 0 Å². The molecule has 3 aromatic rings. The first-order chi connectivity index (χ1) is 14.6. The van der Waals surface area contributed by atoms with E-state index < -0.39 is 35.0 Å². The highest BCUT2D eigenvalue weighted by molar-refractivity contribution is 5.85. The van der Waals surface area contributed by atoms with Crippen molar-refractivity contribution in [3.8, 4) is 0 Å². The zero-order valence-corrected chi connectivity index (χ0v) is 16.9. The molecule has 0 fully saturated rings. The zero-order chi connectivity index (χ0) is 22.8. The zero-order valence-electron chi connectivity index (χ0n) is 16.9. The van der Waals surface area contributed by atoms with Gasteiger partial charge in [-0.05, 0) is 60.4 Å². The molecule has 3 aromatic carbocycles. The van der Waals surface area contributed by atoms with Gasteiger partial charge in [-0.3, -0.25) is 0 Å². The second kappa shape index (κ2) is 9.28. The Bertz CT molecular complexity index is 1060. The Morgan fingerprint density at radius 3 is 2.00 bits per heavy atom. The lowest BCUT2D eigenvalue weighted by Crippen LogP contribution is -2.11. The number of aryl methyl sites for hydroxylation is 2. The minimum atomic E-state index is -5.15. The van der Waals surface area contributed by atoms with Gasteiger partial charge in [0.2, 0.25) is 0 Å². The molecule has 0 atom stereocenters. The van der Waals surface area contributed by atoms with Crippen LogP contribution in [0.25, 0.3) is 10.8 Å². The number of hydrogen-bond donors (Lipinski definition) is 0. The molecule has 31 heavy (non-hydrogen) atoms. The summed E-state index contributed by atoms with van der Waals surface area (Å²) in [6.45, 7) is 2.04. The van der Waals surface area contributed by atoms with Crippen LogP contribution in [-0.2, 0) is 25.4 Å². The average Bonchev–Trinajstić information content (AvgIpc) is 2.66. The summed E-state index contributed by atoms with van der Waals surface area (Å²) < 4.78 is 95.4. The molecule has 0 N–H and O–H groups in total. The summed E-state index contributed by atoms with van der Waals surface area (Å²) >= 11 is 0. The van der Waals surface area contributed by atoms with Gasteiger partial charge in [0.25, 0.3) is 0 Å². The van der Waals surface area contributed by atoms with Crippen molar-refractivity contribution in [1.82, 2.24) is 0 Å². The molecular formula is C24H21F7. The monoisotopic (exact) mass is 442 g/mol. The molecule has 0 unspecified atom stereocenters. The Morgan fingerprint density at radius 1 is 0.710 bits per heavy atom. The highest BCUT2D eigenvalue weighted by Gasteiger charge is 2.38. The van der Waals surface area contributed by atoms with Crippen LogP contribution in [0, 0.1) is 23.3 Å². The third-order valence-electron chi connectivity index (χ3n) is 5.31. The Kier molecular flexibility index (Phi) is 6.92. The Morgan fingerprint density at radius 2 is 1.39 bits per heavy atom. The van der Waals surface area contributed by atoms with Crippen LogP contribution < -0.4 is 0 Å². The van der Waals surface area contributed by atoms with Crippen molar-refractivity contribution < 1.29 is 30.7 Å². The van der Waals surface area contributed by atoms with E-state index in [9.17, 15) is 30.7 Å². The van der Waals surface area contributed by atoms with Crippen LogP contribution >= 0.6 is 0 Å². The summed E-state index contributed by atoms with van der Waals surface area (Å²) in [5.74, 6) is -4.69. The number of benzene rings is 3. The Balaban J connectivity index is 1.82. The van der Waals surface area contributed by atoms with E-state index in [4.69, 9.17) is 0 Å². The summed E-state index contributed by atoms with van der Waals surface area (Å²) in [6.07, 6.45) is -1.59. The molecule has 0 amide bonds. The fourth-order valence-electron chi connectivity index (χ4n) is 3.68. The molecule has 0 aliphatic rings. The number of hydrogen-bond acceptors (Lipinski definition) is 0. The van der Waals surface area contributed by atoms with Crippen LogP contribution in [0.3, 0.4) is 0 Å². The van der Waals surface area contributed by atoms with Crippen molar-refractivity contribution in [2.45, 2.75) is 51.6 Å². The predicted octanol–water partition coefficient (Wildman–Crippen LogP) is 7.93. The summed E-state index contributed by atoms with van der Waals surface area (Å²) in [7, 11) is 0. The van der Waals surface area contributed by atoms with Crippen molar-refractivity contribution in [2.75, 3.05) is 0 Å². The minimum absolute atomic E-state index is 0.00398. The van der Waals surface area contributed by atoms with Gasteiger partial charge in [-0.2, -0.15) is 13.2 Å². The smallest absolute Gasteiger partial charge is 0.207 e. The molecule has 0 saturated heterocycles. The van der Waals surface area contributed by atoms with Gasteiger partial charge in [-0.1, -0.05) is 38.0 Å². The predicted molar refractivity (Wildman–Crippen MR) is 106 cm³/mol. The molecule has 0 heterocycles. The van der Waals surface area contributed by atoms with E-state index in [0.29, 0.717) is 23.6 Å². The molecule has 0 aromatic heterocycles. The van der Waals surface area contributed by atoms with E-state index >= 15 is 0 Å². The molecule has 7 heteroatoms. The van der Waals surface area contributed by atoms with Crippen LogP contribution in [0.1, 0.15) is 48.4 Å². The quantitative estimate of drug-likeness (QED) is 0.257. The molecular weight excluding hydrogens is 421 g/mol. The normalized spacial score (nSPS) is 12.0. The van der Waals surface area contributed by atoms with Crippen LogP contribution in [-0.4, -0.2) is 0 Å². The topological polar surface area (TPSA) is 0 Å². The lowest BCUT2D eigenvalue weighted by atomic mass is 9.97. The average molecular weight is 442 g/mol. The van der Waals surface area contributed by atoms with Crippen LogP contribution in [0.4, 0.5) is 30.7 Å². The van der Waals surface area contributed by atoms with Crippen molar-refractivity contribution >= 4 is 10.8 Å². The first kappa shape index (κ1) is 23.1. The lowest BCUT2D eigenvalue weighted by molar-refractivity contribution is -0.142. The van der Waals surface area contributed by atoms with Crippen molar-refractivity contribution in [2.24, 2.45) is 0 Å². The van der Waals surface area contributed by atoms with Gasteiger partial charge in [0, 0.05) is 10.9 Å². The molecule has 0 aliphatic carbocycles. The maximum Gasteiger partial charge on any atom is 0.422 e. The fourth-order valence-corrected chi connectivity index (χ4v) is 3.68. The summed E-state index contributed by atoms with van der Waals surface area (Å²) in [5.41, 5.74) is -0.943. The third kappa shape index (κ3) is 5.20. The number of unbranched alkanes of at least 4 members (excludes halogenated alkanes) is 2. The fraction of sp³-hybridized carbons (Fsp3) is 0.333. The van der Waals surface area contributed by atoms with Crippen molar-refractivity contribution in [3.63, 3.8) is 0 Å². The second-order valence-corrected chi connectivity index (χ2v) is 7.60. The first-order valence-electron chi connectivity index (χ1n) is 10.1. The highest BCUT2D eigenvalue weighted by Crippen LogP contribution is 2.37. The third-order valence-corrected chi connectivity index (χ3v) is 5.31. The number of fused-ring (bicyclic) bond motifs is 1. The van der Waals surface area contributed by atoms with E-state index in [2.05, 4.69) is 0 Å². The van der Waals surface area contributed by atoms with E-state index in [1.54, 1.807) is 0 Å². The second-order valence-electron chi connectivity index (χ2n) is 7.60. The summed E-state index contributed by atoms with van der Waals surface area (Å²) in [4.78, 5) is 0. The summed E-state index contributed by atoms with van der Waals surface area (Å²) in [5, 5.41) is -0.418. The first-order valence-corrected chi connectivity index (χ1v) is 10.1. The van der Waals surface area contributed by atoms with Gasteiger partial charge in [0.1, 0.15) is 28.8 Å². The number of alkyl halides is 3. The standard InChI is InChI=1S/C24H21F7/c1-2-3-4-5-15-11-19(25)18(20(26)12-15)9-7-14-6-8-17-16(10-14)13-21(27)22(23(17)28)24(29,30)31/h6,8,10-13H,2-5,7,9H2,1H3. The highest BCUT2D eigenvalue weighted by atomic mass is 19.4. The lowest BCUT2D eigenvalue weighted by Gasteiger charge is -2.13. The molecule has 0 bridgehead atoms. The molecule has 0 saturated carbocycles. The Labute approximate surface area is 175 Å². The van der Waals surface area contributed by atoms with Crippen LogP contribution in [0.15, 0.2) is 36.4 Å². The minimum Gasteiger partial charge on any atom is -0.207 e. The van der Waals surface area contributed by atoms with Gasteiger partial charge >= 0.3 is 6.18 Å². The van der Waals surface area contributed by atoms with E-state index in [1.165, 1.54) is 24.3 Å². The van der Waals surface area contributed by atoms with Crippen molar-refractivity contribution in [1.29, 1.82) is 0 Å². The summed E-state index contributed by atoms with van der Waals surface area (Å²) in [6, 6.07) is 7.08. The molecule has 0 spiro atoms. The van der Waals surface area contributed by atoms with Gasteiger partial charge in [0.05, 0.1) is 0 Å². The van der Waals surface area contributed by atoms with Gasteiger partial charge in [-0.15, -0.1) is 0 Å². The van der Waals surface area contributed by atoms with Gasteiger partial charge in [-0.25, -0.2) is 17.6 Å². The van der Waals surface area contributed by atoms with Gasteiger partial charge in [0.15, 0.2) is 0 Å². The van der Waals surface area contributed by atoms with E-state index in [0.717, 1.165) is 25.3 Å². The largest absolute Gasteiger partial charge is 0.422 e. The van der Waals surface area contributed by atoms with Gasteiger partial charge < -0.3 is 0 Å². The maximum absolute atomic E-state index is 14.4. The van der Waals surface area contributed by atoms with E-state index in [1.807, 2.05) is 6.92 Å². The molecule has 0 nitrogen and oxygen atoms in total. The molecule has 3 rings (SSSR count). The molecule has 166 valence electrons. The van der Waals surface area contributed by atoms with E-state index in [-0.39, 0.29) is 29.2 Å². The number of rotatable bonds is 7.